The molecule has 0 aliphatic carbocycles. The van der Waals surface area contributed by atoms with Gasteiger partial charge in [-0.3, -0.25) is 10.1 Å². The zero-order chi connectivity index (χ0) is 11.4. The van der Waals surface area contributed by atoms with Crippen molar-refractivity contribution in [2.75, 3.05) is 5.73 Å². The van der Waals surface area contributed by atoms with Gasteiger partial charge in [0.2, 0.25) is 0 Å². The van der Waals surface area contributed by atoms with Crippen LogP contribution in [0.25, 0.3) is 0 Å². The Bertz CT molecular complexity index is 402. The second-order valence-corrected chi connectivity index (χ2v) is 3.12. The fraction of sp³-hybridized carbons (Fsp3) is 0.200. The van der Waals surface area contributed by atoms with Gasteiger partial charge >= 0.3 is 0 Å². The van der Waals surface area contributed by atoms with Crippen molar-refractivity contribution >= 4 is 17.1 Å². The molecule has 0 amide bonds. The third-order valence-electron chi connectivity index (χ3n) is 1.98. The number of hydrogen-bond acceptors (Lipinski definition) is 4. The van der Waals surface area contributed by atoms with Crippen LogP contribution in [0.4, 0.5) is 11.4 Å². The van der Waals surface area contributed by atoms with E-state index in [0.717, 1.165) is 0 Å². The number of nitrogens with zero attached hydrogens (tertiary/aromatic N) is 1. The summed E-state index contributed by atoms with van der Waals surface area (Å²) in [5, 5.41) is 18.1. The van der Waals surface area contributed by atoms with Crippen LogP contribution in [0, 0.1) is 21.9 Å². The van der Waals surface area contributed by atoms with E-state index in [9.17, 15) is 10.1 Å². The molecular formula is C10H12N3O2. The molecule has 15 heavy (non-hydrogen) atoms. The van der Waals surface area contributed by atoms with Crippen LogP contribution in [-0.2, 0) is 0 Å². The molecule has 0 saturated carbocycles. The van der Waals surface area contributed by atoms with Crippen LogP contribution in [0.5, 0.6) is 0 Å². The molecule has 5 nitrogen and oxygen atoms in total. The Kier molecular flexibility index (Phi) is 3.38. The summed E-state index contributed by atoms with van der Waals surface area (Å²) in [7, 11) is 0. The minimum atomic E-state index is -0.533. The third-order valence-corrected chi connectivity index (χ3v) is 1.98. The maximum atomic E-state index is 10.5. The predicted molar refractivity (Wildman–Crippen MR) is 58.9 cm³/mol. The standard InChI is InChI=1S/C10H12N3O2/c1-2-3-8(11)7-4-5-10(13(14)15)9(12)6-7/h2,4-6,11H,3,12H2,1H3. The molecule has 3 N–H and O–H groups in total. The van der Waals surface area contributed by atoms with E-state index < -0.39 is 4.92 Å². The van der Waals surface area contributed by atoms with Crippen LogP contribution in [0.15, 0.2) is 18.2 Å². The van der Waals surface area contributed by atoms with Crippen molar-refractivity contribution in [3.63, 3.8) is 0 Å². The number of nitro benzene ring substituents is 1. The molecule has 0 heterocycles. The zero-order valence-electron chi connectivity index (χ0n) is 8.36. The maximum Gasteiger partial charge on any atom is 0.292 e. The second-order valence-electron chi connectivity index (χ2n) is 3.12. The van der Waals surface area contributed by atoms with Crippen LogP contribution in [0.2, 0.25) is 0 Å². The normalized spacial score (nSPS) is 9.93. The van der Waals surface area contributed by atoms with E-state index in [1.165, 1.54) is 12.1 Å². The summed E-state index contributed by atoms with van der Waals surface area (Å²) in [6, 6.07) is 4.33. The van der Waals surface area contributed by atoms with E-state index in [1.807, 2.05) is 13.3 Å². The van der Waals surface area contributed by atoms with E-state index in [1.54, 1.807) is 6.07 Å². The van der Waals surface area contributed by atoms with Gasteiger partial charge in [-0.25, -0.2) is 0 Å². The van der Waals surface area contributed by atoms with Gasteiger partial charge in [0, 0.05) is 11.8 Å². The Morgan fingerprint density at radius 1 is 1.67 bits per heavy atom. The second kappa shape index (κ2) is 4.54. The zero-order valence-corrected chi connectivity index (χ0v) is 8.36. The van der Waals surface area contributed by atoms with E-state index >= 15 is 0 Å². The lowest BCUT2D eigenvalue weighted by Crippen LogP contribution is -2.02. The van der Waals surface area contributed by atoms with Crippen LogP contribution in [0.3, 0.4) is 0 Å². The summed E-state index contributed by atoms with van der Waals surface area (Å²) >= 11 is 0. The molecule has 0 atom stereocenters. The molecule has 0 aromatic heterocycles. The van der Waals surface area contributed by atoms with Crippen molar-refractivity contribution < 1.29 is 4.92 Å². The van der Waals surface area contributed by atoms with Gasteiger partial charge in [-0.15, -0.1) is 0 Å². The molecule has 0 saturated heterocycles. The van der Waals surface area contributed by atoms with Gasteiger partial charge < -0.3 is 11.1 Å². The van der Waals surface area contributed by atoms with Gasteiger partial charge in [0.15, 0.2) is 0 Å². The van der Waals surface area contributed by atoms with Gasteiger partial charge in [-0.05, 0) is 30.5 Å². The smallest absolute Gasteiger partial charge is 0.292 e. The lowest BCUT2D eigenvalue weighted by atomic mass is 10.1. The molecule has 1 aromatic carbocycles. The molecule has 0 aliphatic heterocycles. The lowest BCUT2D eigenvalue weighted by Gasteiger charge is -2.03. The molecule has 79 valence electrons. The highest BCUT2D eigenvalue weighted by atomic mass is 16.6. The predicted octanol–water partition coefficient (Wildman–Crippen LogP) is 2.16. The first-order chi connectivity index (χ1) is 7.06. The summed E-state index contributed by atoms with van der Waals surface area (Å²) in [5.41, 5.74) is 6.51. The van der Waals surface area contributed by atoms with E-state index in [4.69, 9.17) is 11.1 Å². The van der Waals surface area contributed by atoms with E-state index in [0.29, 0.717) is 17.7 Å². The molecule has 0 aliphatic rings. The van der Waals surface area contributed by atoms with Crippen molar-refractivity contribution in [1.29, 1.82) is 5.41 Å². The van der Waals surface area contributed by atoms with Crippen LogP contribution in [-0.4, -0.2) is 10.6 Å². The van der Waals surface area contributed by atoms with Gasteiger partial charge in [0.1, 0.15) is 5.69 Å². The third kappa shape index (κ3) is 2.52. The fourth-order valence-electron chi connectivity index (χ4n) is 1.23. The Labute approximate surface area is 87.6 Å². The number of nitrogens with one attached hydrogen (secondary N) is 1. The van der Waals surface area contributed by atoms with Gasteiger partial charge in [0.05, 0.1) is 4.92 Å². The number of hydrogen-bond donors (Lipinski definition) is 2. The summed E-state index contributed by atoms with van der Waals surface area (Å²) in [6.45, 7) is 1.85. The summed E-state index contributed by atoms with van der Waals surface area (Å²) in [4.78, 5) is 9.96. The van der Waals surface area contributed by atoms with Crippen LogP contribution < -0.4 is 5.73 Å². The monoisotopic (exact) mass is 206 g/mol. The minimum Gasteiger partial charge on any atom is -0.393 e. The van der Waals surface area contributed by atoms with Crippen molar-refractivity contribution in [2.45, 2.75) is 13.3 Å². The highest BCUT2D eigenvalue weighted by Crippen LogP contribution is 2.22. The topological polar surface area (TPSA) is 93.0 Å². The van der Waals surface area contributed by atoms with Crippen molar-refractivity contribution in [3.05, 3.63) is 40.3 Å². The van der Waals surface area contributed by atoms with E-state index in [-0.39, 0.29) is 11.4 Å². The Morgan fingerprint density at radius 3 is 2.80 bits per heavy atom. The van der Waals surface area contributed by atoms with Gasteiger partial charge in [0.25, 0.3) is 5.69 Å². The highest BCUT2D eigenvalue weighted by Gasteiger charge is 2.12. The van der Waals surface area contributed by atoms with Gasteiger partial charge in [-0.2, -0.15) is 0 Å². The quantitative estimate of drug-likeness (QED) is 0.342. The number of nitrogens with two attached hydrogens (primary N) is 1. The fourth-order valence-corrected chi connectivity index (χ4v) is 1.23. The Hall–Kier alpha value is -1.91. The Morgan fingerprint density at radius 2 is 2.33 bits per heavy atom. The van der Waals surface area contributed by atoms with Crippen LogP contribution >= 0.6 is 0 Å². The maximum absolute atomic E-state index is 10.5. The number of nitro groups is 1. The molecular weight excluding hydrogens is 194 g/mol. The molecule has 1 rings (SSSR count). The van der Waals surface area contributed by atoms with Crippen LogP contribution in [0.1, 0.15) is 18.9 Å². The van der Waals surface area contributed by atoms with Gasteiger partial charge in [-0.1, -0.05) is 6.92 Å². The van der Waals surface area contributed by atoms with Crippen molar-refractivity contribution in [2.24, 2.45) is 0 Å². The average molecular weight is 206 g/mol. The largest absolute Gasteiger partial charge is 0.393 e. The minimum absolute atomic E-state index is 0.0957. The van der Waals surface area contributed by atoms with E-state index in [2.05, 4.69) is 0 Å². The Balaban J connectivity index is 3.01. The van der Waals surface area contributed by atoms with Crippen molar-refractivity contribution in [1.82, 2.24) is 0 Å². The summed E-state index contributed by atoms with van der Waals surface area (Å²) in [6.07, 6.45) is 2.37. The summed E-state index contributed by atoms with van der Waals surface area (Å²) in [5.74, 6) is 0. The molecule has 0 unspecified atom stereocenters. The number of rotatable bonds is 4. The number of benzene rings is 1. The first kappa shape index (κ1) is 11.2. The SMILES string of the molecule is C[CH]CC(=N)c1ccc([N+](=O)[O-])c(N)c1. The number of nitrogen functional groups attached to an aromatic ring is 1. The number of anilines is 1. The van der Waals surface area contributed by atoms with Crippen molar-refractivity contribution in [3.8, 4) is 0 Å². The summed E-state index contributed by atoms with van der Waals surface area (Å²) < 4.78 is 0. The molecule has 1 aromatic rings. The average Bonchev–Trinajstić information content (AvgIpc) is 2.17. The first-order valence-corrected chi connectivity index (χ1v) is 4.45. The highest BCUT2D eigenvalue weighted by molar-refractivity contribution is 5.99. The molecule has 0 bridgehead atoms. The lowest BCUT2D eigenvalue weighted by molar-refractivity contribution is -0.383. The molecule has 0 fully saturated rings. The molecule has 0 spiro atoms. The molecule has 5 heteroatoms. The molecule has 1 radical (unpaired) electrons. The first-order valence-electron chi connectivity index (χ1n) is 4.45.